The van der Waals surface area contributed by atoms with Gasteiger partial charge in [-0.2, -0.15) is 0 Å². The lowest BCUT2D eigenvalue weighted by Crippen LogP contribution is -2.33. The molecule has 0 bridgehead atoms. The molecule has 4 aromatic rings. The van der Waals surface area contributed by atoms with Crippen LogP contribution in [0.25, 0.3) is 21.5 Å². The maximum atomic E-state index is 13.2. The molecule has 6 nitrogen and oxygen atoms in total. The van der Waals surface area contributed by atoms with Crippen LogP contribution in [0, 0.1) is 5.41 Å². The van der Waals surface area contributed by atoms with Crippen molar-refractivity contribution in [2.45, 2.75) is 53.1 Å². The molecule has 0 radical (unpaired) electrons. The summed E-state index contributed by atoms with van der Waals surface area (Å²) >= 11 is 0. The van der Waals surface area contributed by atoms with E-state index < -0.39 is 0 Å². The predicted molar refractivity (Wildman–Crippen MR) is 158 cm³/mol. The molecule has 1 unspecified atom stereocenters. The summed E-state index contributed by atoms with van der Waals surface area (Å²) in [5.41, 5.74) is 1.73. The Morgan fingerprint density at radius 2 is 1.73 bits per heavy atom. The van der Waals surface area contributed by atoms with Gasteiger partial charge in [0.05, 0.1) is 12.2 Å². The first-order valence-corrected chi connectivity index (χ1v) is 13.9. The number of nitrogens with zero attached hydrogens (tertiary/aromatic N) is 1. The monoisotopic (exact) mass is 539 g/mol. The molecule has 0 aliphatic carbocycles. The Labute approximate surface area is 235 Å². The van der Waals surface area contributed by atoms with E-state index in [0.717, 1.165) is 42.5 Å². The number of fused-ring (bicyclic) bond motifs is 2. The summed E-state index contributed by atoms with van der Waals surface area (Å²) < 4.78 is 17.4. The van der Waals surface area contributed by atoms with Crippen LogP contribution in [0.5, 0.6) is 11.5 Å². The van der Waals surface area contributed by atoms with E-state index >= 15 is 0 Å². The van der Waals surface area contributed by atoms with Gasteiger partial charge in [0.2, 0.25) is 0 Å². The van der Waals surface area contributed by atoms with Gasteiger partial charge in [-0.25, -0.2) is 4.79 Å². The lowest BCUT2D eigenvalue weighted by Gasteiger charge is -2.27. The highest BCUT2D eigenvalue weighted by Crippen LogP contribution is 2.33. The molecule has 0 aromatic heterocycles. The minimum atomic E-state index is -0.382. The van der Waals surface area contributed by atoms with Crippen molar-refractivity contribution < 1.29 is 23.8 Å². The molecule has 208 valence electrons. The molecule has 1 atom stereocenters. The van der Waals surface area contributed by atoms with E-state index in [2.05, 4.69) is 62.1 Å². The fourth-order valence-electron chi connectivity index (χ4n) is 5.32. The number of hydrogen-bond donors (Lipinski definition) is 0. The van der Waals surface area contributed by atoms with Crippen molar-refractivity contribution in [1.82, 2.24) is 4.90 Å². The Bertz CT molecular complexity index is 1540. The van der Waals surface area contributed by atoms with Crippen LogP contribution in [0.2, 0.25) is 0 Å². The molecule has 40 heavy (non-hydrogen) atoms. The molecule has 6 heteroatoms. The Morgan fingerprint density at radius 1 is 0.925 bits per heavy atom. The maximum absolute atomic E-state index is 13.2. The van der Waals surface area contributed by atoms with Crippen LogP contribution in [0.15, 0.2) is 72.8 Å². The van der Waals surface area contributed by atoms with E-state index in [1.807, 2.05) is 12.1 Å². The van der Waals surface area contributed by atoms with E-state index in [-0.39, 0.29) is 23.4 Å². The zero-order chi connectivity index (χ0) is 28.3. The molecule has 5 rings (SSSR count). The molecule has 4 aromatic carbocycles. The molecule has 1 saturated heterocycles. The van der Waals surface area contributed by atoms with Gasteiger partial charge in [-0.15, -0.1) is 0 Å². The molecule has 0 saturated carbocycles. The SMILES string of the molecule is CC(=O)Oc1ccc2c(C(=O)OCC3CCCN3Cc3c(OCC(C)(C)C)ccc4ccccc34)cccc2c1. The lowest BCUT2D eigenvalue weighted by atomic mass is 9.98. The third kappa shape index (κ3) is 6.45. The van der Waals surface area contributed by atoms with Crippen molar-refractivity contribution in [3.05, 3.63) is 83.9 Å². The molecular weight excluding hydrogens is 502 g/mol. The second kappa shape index (κ2) is 11.7. The minimum absolute atomic E-state index is 0.0525. The Hall–Kier alpha value is -3.90. The molecule has 0 N–H and O–H groups in total. The molecule has 1 fully saturated rings. The van der Waals surface area contributed by atoms with Crippen LogP contribution in [-0.4, -0.2) is 42.6 Å². The molecule has 1 aliphatic heterocycles. The summed E-state index contributed by atoms with van der Waals surface area (Å²) in [6.45, 7) is 10.5. The van der Waals surface area contributed by atoms with Gasteiger partial charge in [0.1, 0.15) is 18.1 Å². The first-order chi connectivity index (χ1) is 19.2. The van der Waals surface area contributed by atoms with E-state index in [0.29, 0.717) is 24.5 Å². The van der Waals surface area contributed by atoms with Crippen LogP contribution in [0.1, 0.15) is 56.5 Å². The van der Waals surface area contributed by atoms with Gasteiger partial charge in [0.15, 0.2) is 0 Å². The number of esters is 2. The first-order valence-electron chi connectivity index (χ1n) is 13.9. The molecule has 0 spiro atoms. The fourth-order valence-corrected chi connectivity index (χ4v) is 5.32. The third-order valence-corrected chi connectivity index (χ3v) is 7.26. The first kappa shape index (κ1) is 27.7. The Balaban J connectivity index is 1.32. The van der Waals surface area contributed by atoms with E-state index in [1.165, 1.54) is 23.3 Å². The van der Waals surface area contributed by atoms with Gasteiger partial charge in [-0.05, 0) is 76.7 Å². The molecule has 1 heterocycles. The Kier molecular flexibility index (Phi) is 8.08. The summed E-state index contributed by atoms with van der Waals surface area (Å²) in [4.78, 5) is 26.9. The van der Waals surface area contributed by atoms with Crippen molar-refractivity contribution in [3.8, 4) is 11.5 Å². The van der Waals surface area contributed by atoms with Crippen molar-refractivity contribution in [2.24, 2.45) is 5.41 Å². The average Bonchev–Trinajstić information content (AvgIpc) is 3.36. The number of carbonyl (C=O) groups is 2. The molecule has 1 aliphatic rings. The van der Waals surface area contributed by atoms with Gasteiger partial charge < -0.3 is 14.2 Å². The summed E-state index contributed by atoms with van der Waals surface area (Å²) in [5.74, 6) is 0.635. The number of ether oxygens (including phenoxy) is 3. The minimum Gasteiger partial charge on any atom is -0.493 e. The zero-order valence-corrected chi connectivity index (χ0v) is 23.7. The van der Waals surface area contributed by atoms with Crippen LogP contribution >= 0.6 is 0 Å². The standard InChI is InChI=1S/C34H37NO5/c1-23(36)40-27-15-16-29-25(19-27)10-7-13-30(29)33(37)38-21-26-11-8-18-35(26)20-31-28-12-6-5-9-24(28)14-17-32(31)39-22-34(2,3)4/h5-7,9-10,12-17,19,26H,8,11,18,20-22H2,1-4H3. The number of hydrogen-bond acceptors (Lipinski definition) is 6. The van der Waals surface area contributed by atoms with Crippen LogP contribution < -0.4 is 9.47 Å². The van der Waals surface area contributed by atoms with Crippen molar-refractivity contribution in [2.75, 3.05) is 19.8 Å². The van der Waals surface area contributed by atoms with E-state index in [1.54, 1.807) is 24.3 Å². The van der Waals surface area contributed by atoms with Crippen LogP contribution in [0.3, 0.4) is 0 Å². The average molecular weight is 540 g/mol. The number of carbonyl (C=O) groups excluding carboxylic acids is 2. The second-order valence-corrected chi connectivity index (χ2v) is 11.8. The largest absolute Gasteiger partial charge is 0.493 e. The predicted octanol–water partition coefficient (Wildman–Crippen LogP) is 7.16. The highest BCUT2D eigenvalue weighted by atomic mass is 16.5. The van der Waals surface area contributed by atoms with Gasteiger partial charge in [-0.1, -0.05) is 63.2 Å². The quantitative estimate of drug-likeness (QED) is 0.175. The van der Waals surface area contributed by atoms with Gasteiger partial charge >= 0.3 is 11.9 Å². The second-order valence-electron chi connectivity index (χ2n) is 11.8. The summed E-state index contributed by atoms with van der Waals surface area (Å²) in [7, 11) is 0. The summed E-state index contributed by atoms with van der Waals surface area (Å²) in [5, 5.41) is 3.97. The molecular formula is C34H37NO5. The fraction of sp³-hybridized carbons (Fsp3) is 0.353. The molecule has 0 amide bonds. The third-order valence-electron chi connectivity index (χ3n) is 7.26. The normalized spacial score (nSPS) is 15.8. The number of benzene rings is 4. The topological polar surface area (TPSA) is 65.1 Å². The van der Waals surface area contributed by atoms with Gasteiger partial charge in [-0.3, -0.25) is 9.69 Å². The van der Waals surface area contributed by atoms with Crippen LogP contribution in [-0.2, 0) is 16.1 Å². The van der Waals surface area contributed by atoms with E-state index in [9.17, 15) is 9.59 Å². The van der Waals surface area contributed by atoms with Crippen molar-refractivity contribution >= 4 is 33.5 Å². The number of rotatable bonds is 8. The van der Waals surface area contributed by atoms with E-state index in [4.69, 9.17) is 14.2 Å². The highest BCUT2D eigenvalue weighted by Gasteiger charge is 2.28. The summed E-state index contributed by atoms with van der Waals surface area (Å²) in [6, 6.07) is 23.5. The highest BCUT2D eigenvalue weighted by molar-refractivity contribution is 6.04. The van der Waals surface area contributed by atoms with Crippen LogP contribution in [0.4, 0.5) is 0 Å². The smallest absolute Gasteiger partial charge is 0.338 e. The zero-order valence-electron chi connectivity index (χ0n) is 23.7. The van der Waals surface area contributed by atoms with Gasteiger partial charge in [0, 0.05) is 25.1 Å². The maximum Gasteiger partial charge on any atom is 0.338 e. The van der Waals surface area contributed by atoms with Crippen molar-refractivity contribution in [3.63, 3.8) is 0 Å². The Morgan fingerprint density at radius 3 is 2.52 bits per heavy atom. The number of likely N-dealkylation sites (tertiary alicyclic amines) is 1. The lowest BCUT2D eigenvalue weighted by molar-refractivity contribution is -0.131. The summed E-state index contributed by atoms with van der Waals surface area (Å²) in [6.07, 6.45) is 2.02. The van der Waals surface area contributed by atoms with Gasteiger partial charge in [0.25, 0.3) is 0 Å². The van der Waals surface area contributed by atoms with Crippen molar-refractivity contribution in [1.29, 1.82) is 0 Å².